The van der Waals surface area contributed by atoms with Gasteiger partial charge in [-0.15, -0.1) is 0 Å². The molecule has 0 N–H and O–H groups in total. The Balaban J connectivity index is 1.68. The fourth-order valence-corrected chi connectivity index (χ4v) is 3.47. The molecule has 0 atom stereocenters. The Bertz CT molecular complexity index is 1200. The van der Waals surface area contributed by atoms with E-state index in [-0.39, 0.29) is 43.0 Å². The molecule has 12 heteroatoms. The minimum Gasteiger partial charge on any atom is -0.429 e. The normalized spacial score (nSPS) is 14.9. The molecule has 3 aromatic rings. The van der Waals surface area contributed by atoms with Crippen molar-refractivity contribution >= 4 is 0 Å². The number of alkyl halides is 2. The molecule has 0 radical (unpaired) electrons. The fourth-order valence-electron chi connectivity index (χ4n) is 3.47. The maximum Gasteiger partial charge on any atom is 0.432 e. The largest absolute Gasteiger partial charge is 0.432 e. The third-order valence-electron chi connectivity index (χ3n) is 4.99. The zero-order valence-corrected chi connectivity index (χ0v) is 17.3. The van der Waals surface area contributed by atoms with Crippen LogP contribution < -0.4 is 4.74 Å². The molecule has 3 aromatic carbocycles. The quantitative estimate of drug-likeness (QED) is 0.278. The Morgan fingerprint density at radius 1 is 0.686 bits per heavy atom. The summed E-state index contributed by atoms with van der Waals surface area (Å²) < 4.78 is 141. The highest BCUT2D eigenvalue weighted by molar-refractivity contribution is 5.66. The van der Waals surface area contributed by atoms with Crippen LogP contribution in [0.1, 0.15) is 23.8 Å². The molecule has 0 bridgehead atoms. The topological polar surface area (TPSA) is 27.7 Å². The maximum atomic E-state index is 14.7. The summed E-state index contributed by atoms with van der Waals surface area (Å²) in [4.78, 5) is 0. The summed E-state index contributed by atoms with van der Waals surface area (Å²) in [6.45, 7) is 0.558. The lowest BCUT2D eigenvalue weighted by atomic mass is 9.99. The van der Waals surface area contributed by atoms with Gasteiger partial charge in [-0.25, -0.2) is 30.7 Å². The first-order chi connectivity index (χ1) is 16.5. The van der Waals surface area contributed by atoms with E-state index in [0.717, 1.165) is 12.1 Å². The van der Waals surface area contributed by atoms with Gasteiger partial charge in [-0.1, -0.05) is 0 Å². The zero-order chi connectivity index (χ0) is 25.5. The van der Waals surface area contributed by atoms with Gasteiger partial charge in [-0.05, 0) is 36.2 Å². The van der Waals surface area contributed by atoms with Gasteiger partial charge >= 0.3 is 6.11 Å². The fraction of sp³-hybridized carbons (Fsp3) is 0.217. The van der Waals surface area contributed by atoms with E-state index in [2.05, 4.69) is 4.74 Å². The van der Waals surface area contributed by atoms with Gasteiger partial charge < -0.3 is 14.2 Å². The van der Waals surface area contributed by atoms with Crippen LogP contribution in [0.3, 0.4) is 0 Å². The molecule has 35 heavy (non-hydrogen) atoms. The van der Waals surface area contributed by atoms with E-state index in [4.69, 9.17) is 9.47 Å². The summed E-state index contributed by atoms with van der Waals surface area (Å²) in [5.74, 6) is -13.5. The summed E-state index contributed by atoms with van der Waals surface area (Å²) in [6.07, 6.45) is -5.33. The first-order valence-corrected chi connectivity index (χ1v) is 9.91. The minimum atomic E-state index is -4.85. The van der Waals surface area contributed by atoms with Gasteiger partial charge in [-0.2, -0.15) is 8.78 Å². The third kappa shape index (κ3) is 4.94. The molecule has 3 nitrogen and oxygen atoms in total. The summed E-state index contributed by atoms with van der Waals surface area (Å²) in [5, 5.41) is 0. The van der Waals surface area contributed by atoms with Gasteiger partial charge in [0.2, 0.25) is 0 Å². The van der Waals surface area contributed by atoms with E-state index in [1.807, 2.05) is 0 Å². The number of rotatable bonds is 5. The molecular weight excluding hydrogens is 495 g/mol. The van der Waals surface area contributed by atoms with Crippen LogP contribution in [0.4, 0.5) is 39.5 Å². The monoisotopic (exact) mass is 508 g/mol. The number of benzene rings is 3. The van der Waals surface area contributed by atoms with Crippen molar-refractivity contribution in [1.29, 1.82) is 0 Å². The van der Waals surface area contributed by atoms with Gasteiger partial charge in [0, 0.05) is 17.7 Å². The van der Waals surface area contributed by atoms with E-state index in [9.17, 15) is 39.5 Å². The van der Waals surface area contributed by atoms with E-state index in [0.29, 0.717) is 6.42 Å². The molecule has 1 aliphatic heterocycles. The smallest absolute Gasteiger partial charge is 0.429 e. The highest BCUT2D eigenvalue weighted by Gasteiger charge is 2.42. The number of halogens is 9. The molecule has 1 saturated heterocycles. The van der Waals surface area contributed by atoms with Crippen LogP contribution in [0.2, 0.25) is 0 Å². The van der Waals surface area contributed by atoms with E-state index in [1.165, 1.54) is 0 Å². The van der Waals surface area contributed by atoms with Crippen LogP contribution in [0.15, 0.2) is 36.4 Å². The first kappa shape index (κ1) is 24.9. The molecule has 0 amide bonds. The van der Waals surface area contributed by atoms with Crippen molar-refractivity contribution in [1.82, 2.24) is 0 Å². The van der Waals surface area contributed by atoms with Crippen molar-refractivity contribution in [2.24, 2.45) is 0 Å². The van der Waals surface area contributed by atoms with Crippen LogP contribution in [0, 0.1) is 40.7 Å². The zero-order valence-electron chi connectivity index (χ0n) is 17.3. The number of hydrogen-bond donors (Lipinski definition) is 0. The predicted molar refractivity (Wildman–Crippen MR) is 102 cm³/mol. The lowest BCUT2D eigenvalue weighted by Gasteiger charge is -2.24. The molecular formula is C23H13F9O3. The summed E-state index contributed by atoms with van der Waals surface area (Å²) >= 11 is 0. The summed E-state index contributed by atoms with van der Waals surface area (Å²) in [5.41, 5.74) is -3.72. The molecule has 1 fully saturated rings. The van der Waals surface area contributed by atoms with Crippen LogP contribution in [0.25, 0.3) is 11.1 Å². The van der Waals surface area contributed by atoms with Crippen molar-refractivity contribution in [3.63, 3.8) is 0 Å². The number of hydrogen-bond acceptors (Lipinski definition) is 3. The minimum absolute atomic E-state index is 0.0419. The predicted octanol–water partition coefficient (Wildman–Crippen LogP) is 6.89. The molecule has 0 saturated carbocycles. The van der Waals surface area contributed by atoms with Gasteiger partial charge in [0.05, 0.1) is 18.8 Å². The van der Waals surface area contributed by atoms with Crippen molar-refractivity contribution in [2.45, 2.75) is 18.8 Å². The second kappa shape index (κ2) is 9.42. The van der Waals surface area contributed by atoms with Crippen molar-refractivity contribution in [3.8, 4) is 16.9 Å². The Hall–Kier alpha value is -3.25. The van der Waals surface area contributed by atoms with Gasteiger partial charge in [0.1, 0.15) is 34.6 Å². The second-order valence-corrected chi connectivity index (χ2v) is 7.42. The molecule has 0 unspecified atom stereocenters. The van der Waals surface area contributed by atoms with E-state index in [1.54, 1.807) is 0 Å². The molecule has 0 aromatic heterocycles. The third-order valence-corrected chi connectivity index (χ3v) is 4.99. The second-order valence-electron chi connectivity index (χ2n) is 7.42. The van der Waals surface area contributed by atoms with Gasteiger partial charge in [0.25, 0.3) is 0 Å². The Labute approximate surface area is 191 Å². The van der Waals surface area contributed by atoms with E-state index < -0.39 is 75.6 Å². The van der Waals surface area contributed by atoms with Crippen molar-refractivity contribution in [3.05, 3.63) is 88.2 Å². The van der Waals surface area contributed by atoms with Gasteiger partial charge in [-0.3, -0.25) is 0 Å². The van der Waals surface area contributed by atoms with Crippen molar-refractivity contribution < 1.29 is 53.7 Å². The average Bonchev–Trinajstić information content (AvgIpc) is 2.76. The van der Waals surface area contributed by atoms with Crippen LogP contribution >= 0.6 is 0 Å². The molecule has 1 heterocycles. The maximum absolute atomic E-state index is 14.7. The molecule has 186 valence electrons. The Morgan fingerprint density at radius 3 is 1.71 bits per heavy atom. The van der Waals surface area contributed by atoms with Crippen LogP contribution in [0.5, 0.6) is 5.75 Å². The van der Waals surface area contributed by atoms with Crippen LogP contribution in [-0.4, -0.2) is 13.2 Å². The average molecular weight is 508 g/mol. The Kier molecular flexibility index (Phi) is 6.69. The summed E-state index contributed by atoms with van der Waals surface area (Å²) in [7, 11) is 0. The van der Waals surface area contributed by atoms with Gasteiger partial charge in [0.15, 0.2) is 23.7 Å². The SMILES string of the molecule is Fc1cc(OC(F)(F)c2c(F)cc(-c3c(F)cc(C4OCCCO4)cc3F)cc2F)cc(F)c1F. The summed E-state index contributed by atoms with van der Waals surface area (Å²) in [6, 6.07) is 2.18. The highest BCUT2D eigenvalue weighted by Crippen LogP contribution is 2.39. The molecule has 0 spiro atoms. The number of ether oxygens (including phenoxy) is 3. The standard InChI is InChI=1S/C23H13F9O3/c24-13-6-11(22-33-2-1-3-34-22)7-14(25)19(13)10-4-15(26)20(16(27)5-10)23(31,32)35-12-8-17(28)21(30)18(29)9-12/h4-9,22H,1-3H2. The lowest BCUT2D eigenvalue weighted by molar-refractivity contribution is -0.189. The molecule has 0 aliphatic carbocycles. The Morgan fingerprint density at radius 2 is 1.20 bits per heavy atom. The first-order valence-electron chi connectivity index (χ1n) is 9.91. The lowest BCUT2D eigenvalue weighted by Crippen LogP contribution is -2.25. The van der Waals surface area contributed by atoms with E-state index >= 15 is 0 Å². The van der Waals surface area contributed by atoms with Crippen molar-refractivity contribution in [2.75, 3.05) is 13.2 Å². The molecule has 1 aliphatic rings. The van der Waals surface area contributed by atoms with Crippen LogP contribution in [-0.2, 0) is 15.6 Å². The highest BCUT2D eigenvalue weighted by atomic mass is 19.3. The molecule has 4 rings (SSSR count).